The fourth-order valence-electron chi connectivity index (χ4n) is 2.27. The summed E-state index contributed by atoms with van der Waals surface area (Å²) in [5.74, 6) is -0.398. The predicted molar refractivity (Wildman–Crippen MR) is 92.2 cm³/mol. The molecule has 0 saturated carbocycles. The molecule has 0 fully saturated rings. The quantitative estimate of drug-likeness (QED) is 0.856. The van der Waals surface area contributed by atoms with Gasteiger partial charge in [0, 0.05) is 22.8 Å². The lowest BCUT2D eigenvalue weighted by Gasteiger charge is -2.20. The number of likely N-dealkylation sites (N-methyl/N-ethyl adjacent to an activating group) is 1. The zero-order valence-corrected chi connectivity index (χ0v) is 14.0. The number of aryl methyl sites for hydroxylation is 1. The molecule has 2 aromatic carbocycles. The molecule has 2 rings (SSSR count). The highest BCUT2D eigenvalue weighted by atomic mass is 35.5. The van der Waals surface area contributed by atoms with Gasteiger partial charge in [-0.25, -0.2) is 4.39 Å². The van der Waals surface area contributed by atoms with Gasteiger partial charge in [0.1, 0.15) is 5.82 Å². The highest BCUT2D eigenvalue weighted by Crippen LogP contribution is 2.20. The third-order valence-electron chi connectivity index (χ3n) is 3.64. The van der Waals surface area contributed by atoms with Gasteiger partial charge in [0.25, 0.3) is 0 Å². The van der Waals surface area contributed by atoms with E-state index in [-0.39, 0.29) is 18.3 Å². The van der Waals surface area contributed by atoms with Crippen LogP contribution in [0.5, 0.6) is 0 Å². The van der Waals surface area contributed by atoms with Crippen molar-refractivity contribution in [1.82, 2.24) is 4.90 Å². The van der Waals surface area contributed by atoms with Crippen molar-refractivity contribution in [1.29, 1.82) is 0 Å². The molecule has 1 N–H and O–H groups in total. The number of carbonyl (C=O) groups excluding carboxylic acids is 1. The third-order valence-corrected chi connectivity index (χ3v) is 3.88. The van der Waals surface area contributed by atoms with Crippen molar-refractivity contribution in [3.05, 3.63) is 64.4 Å². The van der Waals surface area contributed by atoms with Crippen LogP contribution >= 0.6 is 11.6 Å². The molecule has 3 nitrogen and oxygen atoms in total. The van der Waals surface area contributed by atoms with Crippen LogP contribution in [0.2, 0.25) is 5.02 Å². The number of carbonyl (C=O) groups is 1. The van der Waals surface area contributed by atoms with Gasteiger partial charge in [-0.3, -0.25) is 9.69 Å². The highest BCUT2D eigenvalue weighted by molar-refractivity contribution is 6.31. The van der Waals surface area contributed by atoms with E-state index in [1.807, 2.05) is 24.8 Å². The van der Waals surface area contributed by atoms with Crippen LogP contribution in [0.4, 0.5) is 10.1 Å². The van der Waals surface area contributed by atoms with Crippen LogP contribution < -0.4 is 5.32 Å². The van der Waals surface area contributed by atoms with Gasteiger partial charge < -0.3 is 5.32 Å². The van der Waals surface area contributed by atoms with Gasteiger partial charge in [0.15, 0.2) is 0 Å². The van der Waals surface area contributed by atoms with E-state index in [4.69, 9.17) is 11.6 Å². The van der Waals surface area contributed by atoms with Crippen molar-refractivity contribution >= 4 is 23.2 Å². The van der Waals surface area contributed by atoms with E-state index < -0.39 is 0 Å². The van der Waals surface area contributed by atoms with E-state index in [0.29, 0.717) is 29.4 Å². The van der Waals surface area contributed by atoms with Gasteiger partial charge in [-0.1, -0.05) is 42.8 Å². The lowest BCUT2D eigenvalue weighted by atomic mass is 10.2. The maximum atomic E-state index is 13.7. The zero-order valence-electron chi connectivity index (χ0n) is 13.3. The molecule has 23 heavy (non-hydrogen) atoms. The van der Waals surface area contributed by atoms with E-state index in [0.717, 1.165) is 5.56 Å². The summed E-state index contributed by atoms with van der Waals surface area (Å²) in [5, 5.41) is 3.43. The summed E-state index contributed by atoms with van der Waals surface area (Å²) in [4.78, 5) is 14.1. The fraction of sp³-hybridized carbons (Fsp3) is 0.278. The number of nitrogens with zero attached hydrogens (tertiary/aromatic N) is 1. The number of rotatable bonds is 6. The smallest absolute Gasteiger partial charge is 0.238 e. The van der Waals surface area contributed by atoms with Crippen LogP contribution in [0.1, 0.15) is 18.1 Å². The van der Waals surface area contributed by atoms with Crippen LogP contribution in [-0.4, -0.2) is 23.9 Å². The van der Waals surface area contributed by atoms with Gasteiger partial charge in [0.05, 0.1) is 6.54 Å². The summed E-state index contributed by atoms with van der Waals surface area (Å²) in [6.07, 6.45) is 0. The van der Waals surface area contributed by atoms with Crippen molar-refractivity contribution < 1.29 is 9.18 Å². The minimum absolute atomic E-state index is 0.145. The van der Waals surface area contributed by atoms with Crippen LogP contribution in [0.25, 0.3) is 0 Å². The molecule has 0 aromatic heterocycles. The van der Waals surface area contributed by atoms with Crippen molar-refractivity contribution in [3.63, 3.8) is 0 Å². The number of hydrogen-bond acceptors (Lipinski definition) is 2. The molecule has 5 heteroatoms. The lowest BCUT2D eigenvalue weighted by molar-refractivity contribution is -0.117. The van der Waals surface area contributed by atoms with Crippen molar-refractivity contribution in [2.24, 2.45) is 0 Å². The predicted octanol–water partition coefficient (Wildman–Crippen LogP) is 4.25. The molecule has 0 heterocycles. The molecule has 122 valence electrons. The van der Waals surface area contributed by atoms with Crippen molar-refractivity contribution in [3.8, 4) is 0 Å². The highest BCUT2D eigenvalue weighted by Gasteiger charge is 2.13. The van der Waals surface area contributed by atoms with E-state index >= 15 is 0 Å². The molecule has 0 radical (unpaired) electrons. The Hall–Kier alpha value is -1.91. The van der Waals surface area contributed by atoms with Gasteiger partial charge >= 0.3 is 0 Å². The van der Waals surface area contributed by atoms with Crippen molar-refractivity contribution in [2.75, 3.05) is 18.4 Å². The average molecular weight is 335 g/mol. The molecule has 0 aliphatic rings. The zero-order chi connectivity index (χ0) is 16.8. The van der Waals surface area contributed by atoms with Crippen molar-refractivity contribution in [2.45, 2.75) is 20.4 Å². The van der Waals surface area contributed by atoms with Crippen LogP contribution in [-0.2, 0) is 11.3 Å². The molecule has 1 amide bonds. The SMILES string of the molecule is CCN(CC(=O)Nc1cc(Cl)ccc1C)Cc1ccccc1F. The molecule has 0 spiro atoms. The Kier molecular flexibility index (Phi) is 6.13. The van der Waals surface area contributed by atoms with E-state index in [1.165, 1.54) is 6.07 Å². The second-order valence-corrected chi connectivity index (χ2v) is 5.84. The van der Waals surface area contributed by atoms with Gasteiger partial charge in [-0.15, -0.1) is 0 Å². The number of benzene rings is 2. The molecule has 0 atom stereocenters. The Bertz CT molecular complexity index is 690. The summed E-state index contributed by atoms with van der Waals surface area (Å²) in [7, 11) is 0. The molecular weight excluding hydrogens is 315 g/mol. The van der Waals surface area contributed by atoms with E-state index in [1.54, 1.807) is 30.3 Å². The average Bonchev–Trinajstić information content (AvgIpc) is 2.52. The van der Waals surface area contributed by atoms with E-state index in [2.05, 4.69) is 5.32 Å². The Morgan fingerprint density at radius 2 is 2.00 bits per heavy atom. The molecule has 0 aliphatic heterocycles. The van der Waals surface area contributed by atoms with Crippen LogP contribution in [0, 0.1) is 12.7 Å². The molecule has 0 unspecified atom stereocenters. The second kappa shape index (κ2) is 8.09. The van der Waals surface area contributed by atoms with Crippen LogP contribution in [0.15, 0.2) is 42.5 Å². The maximum Gasteiger partial charge on any atom is 0.238 e. The first-order chi connectivity index (χ1) is 11.0. The number of halogens is 2. The van der Waals surface area contributed by atoms with Gasteiger partial charge in [-0.2, -0.15) is 0 Å². The largest absolute Gasteiger partial charge is 0.325 e. The Morgan fingerprint density at radius 3 is 2.70 bits per heavy atom. The Balaban J connectivity index is 2.00. The molecule has 0 bridgehead atoms. The Morgan fingerprint density at radius 1 is 1.26 bits per heavy atom. The summed E-state index contributed by atoms with van der Waals surface area (Å²) < 4.78 is 13.7. The normalized spacial score (nSPS) is 10.8. The minimum Gasteiger partial charge on any atom is -0.325 e. The summed E-state index contributed by atoms with van der Waals surface area (Å²) in [6, 6.07) is 12.0. The first-order valence-corrected chi connectivity index (χ1v) is 7.89. The van der Waals surface area contributed by atoms with Gasteiger partial charge in [0.2, 0.25) is 5.91 Å². The molecular formula is C18H20ClFN2O. The Labute approximate surface area is 141 Å². The molecule has 0 aliphatic carbocycles. The molecule has 2 aromatic rings. The maximum absolute atomic E-state index is 13.7. The van der Waals surface area contributed by atoms with E-state index in [9.17, 15) is 9.18 Å². The second-order valence-electron chi connectivity index (χ2n) is 5.40. The number of amides is 1. The standard InChI is InChI=1S/C18H20ClFN2O/c1-3-22(11-14-6-4-5-7-16(14)20)12-18(23)21-17-10-15(19)9-8-13(17)2/h4-10H,3,11-12H2,1-2H3,(H,21,23). The summed E-state index contributed by atoms with van der Waals surface area (Å²) in [5.41, 5.74) is 2.23. The van der Waals surface area contributed by atoms with Crippen LogP contribution in [0.3, 0.4) is 0 Å². The monoisotopic (exact) mass is 334 g/mol. The third kappa shape index (κ3) is 5.05. The lowest BCUT2D eigenvalue weighted by Crippen LogP contribution is -2.33. The first kappa shape index (κ1) is 17.4. The minimum atomic E-state index is -0.253. The van der Waals surface area contributed by atoms with Gasteiger partial charge in [-0.05, 0) is 37.2 Å². The number of nitrogens with one attached hydrogen (secondary N) is 1. The summed E-state index contributed by atoms with van der Waals surface area (Å²) >= 11 is 5.95. The first-order valence-electron chi connectivity index (χ1n) is 7.51. The number of anilines is 1. The summed E-state index contributed by atoms with van der Waals surface area (Å²) in [6.45, 7) is 5.08. The topological polar surface area (TPSA) is 32.3 Å². The number of hydrogen-bond donors (Lipinski definition) is 1. The fourth-order valence-corrected chi connectivity index (χ4v) is 2.44. The molecule has 0 saturated heterocycles.